The molecule has 0 bridgehead atoms. The van der Waals surface area contributed by atoms with E-state index in [1.165, 1.54) is 0 Å². The molecular weight excluding hydrogens is 180 g/mol. The minimum atomic E-state index is -0.833. The number of aliphatic carboxylic acids is 1. The van der Waals surface area contributed by atoms with Crippen LogP contribution in [0.3, 0.4) is 0 Å². The van der Waals surface area contributed by atoms with E-state index in [9.17, 15) is 4.79 Å². The second-order valence-corrected chi connectivity index (χ2v) is 3.23. The Bertz CT molecular complexity index is 164. The molecule has 0 aliphatic heterocycles. The fourth-order valence-corrected chi connectivity index (χ4v) is 1.20. The smallest absolute Gasteiger partial charge is 0.300 e. The standard InChI is InChI=1S/C6H9ClO.C2H4O2/c7-5-3-1-2-4-6(5)8;1-2(3)4/h5H,1-4H2;1H3,(H,3,4). The zero-order chi connectivity index (χ0) is 9.56. The zero-order valence-corrected chi connectivity index (χ0v) is 7.80. The molecule has 0 saturated heterocycles. The van der Waals surface area contributed by atoms with Crippen molar-refractivity contribution in [1.82, 2.24) is 0 Å². The SMILES string of the molecule is CC(=O)O.O=C1CCCCC1Cl. The average molecular weight is 193 g/mol. The maximum atomic E-state index is 10.7. The van der Waals surface area contributed by atoms with Crippen LogP contribution in [0.15, 0.2) is 0 Å². The van der Waals surface area contributed by atoms with Crippen LogP contribution in [0.25, 0.3) is 0 Å². The Hall–Kier alpha value is -0.570. The Labute approximate surface area is 76.7 Å². The molecule has 3 nitrogen and oxygen atoms in total. The lowest BCUT2D eigenvalue weighted by Crippen LogP contribution is -2.18. The highest BCUT2D eigenvalue weighted by Gasteiger charge is 2.18. The molecule has 0 aromatic rings. The summed E-state index contributed by atoms with van der Waals surface area (Å²) in [5.74, 6) is -0.599. The lowest BCUT2D eigenvalue weighted by molar-refractivity contribution is -0.134. The van der Waals surface area contributed by atoms with Gasteiger partial charge >= 0.3 is 0 Å². The third kappa shape index (κ3) is 6.16. The number of hydrogen-bond donors (Lipinski definition) is 1. The quantitative estimate of drug-likeness (QED) is 0.596. The van der Waals surface area contributed by atoms with Gasteiger partial charge in [-0.1, -0.05) is 6.42 Å². The van der Waals surface area contributed by atoms with Gasteiger partial charge in [0.15, 0.2) is 5.78 Å². The van der Waals surface area contributed by atoms with Gasteiger partial charge < -0.3 is 5.11 Å². The number of rotatable bonds is 0. The summed E-state index contributed by atoms with van der Waals surface area (Å²) in [6.07, 6.45) is 3.76. The molecule has 1 fully saturated rings. The predicted octanol–water partition coefficient (Wildman–Crippen LogP) is 1.83. The van der Waals surface area contributed by atoms with Crippen molar-refractivity contribution in [2.45, 2.75) is 38.0 Å². The molecule has 12 heavy (non-hydrogen) atoms. The maximum absolute atomic E-state index is 10.7. The summed E-state index contributed by atoms with van der Waals surface area (Å²) in [5, 5.41) is 7.25. The second-order valence-electron chi connectivity index (χ2n) is 2.70. The molecule has 1 unspecified atom stereocenters. The van der Waals surface area contributed by atoms with E-state index in [-0.39, 0.29) is 11.2 Å². The molecule has 70 valence electrons. The summed E-state index contributed by atoms with van der Waals surface area (Å²) in [6, 6.07) is 0. The van der Waals surface area contributed by atoms with E-state index in [1.54, 1.807) is 0 Å². The summed E-state index contributed by atoms with van der Waals surface area (Å²) in [5.41, 5.74) is 0. The molecule has 0 spiro atoms. The minimum absolute atomic E-state index is 0.163. The van der Waals surface area contributed by atoms with Gasteiger partial charge in [-0.2, -0.15) is 0 Å². The maximum Gasteiger partial charge on any atom is 0.300 e. The zero-order valence-electron chi connectivity index (χ0n) is 7.05. The number of carboxylic acid groups (broad SMARTS) is 1. The fourth-order valence-electron chi connectivity index (χ4n) is 0.940. The number of Topliss-reactive ketones (excluding diaryl/α,β-unsaturated/α-hetero) is 1. The van der Waals surface area contributed by atoms with E-state index in [0.717, 1.165) is 26.2 Å². The summed E-state index contributed by atoms with van der Waals surface area (Å²) >= 11 is 5.62. The summed E-state index contributed by atoms with van der Waals surface area (Å²) in [4.78, 5) is 19.7. The van der Waals surface area contributed by atoms with Crippen molar-refractivity contribution in [3.05, 3.63) is 0 Å². The predicted molar refractivity (Wildman–Crippen MR) is 46.4 cm³/mol. The topological polar surface area (TPSA) is 54.4 Å². The number of halogens is 1. The Morgan fingerprint density at radius 1 is 1.58 bits per heavy atom. The van der Waals surface area contributed by atoms with Crippen LogP contribution < -0.4 is 0 Å². The number of hydrogen-bond acceptors (Lipinski definition) is 2. The Morgan fingerprint density at radius 2 is 2.08 bits per heavy atom. The van der Waals surface area contributed by atoms with Crippen molar-refractivity contribution in [3.63, 3.8) is 0 Å². The van der Waals surface area contributed by atoms with E-state index in [0.29, 0.717) is 6.42 Å². The van der Waals surface area contributed by atoms with Gasteiger partial charge in [-0.05, 0) is 12.8 Å². The largest absolute Gasteiger partial charge is 0.481 e. The molecule has 0 amide bonds. The molecule has 1 aliphatic carbocycles. The lowest BCUT2D eigenvalue weighted by Gasteiger charge is -2.12. The van der Waals surface area contributed by atoms with Crippen LogP contribution in [0.4, 0.5) is 0 Å². The van der Waals surface area contributed by atoms with E-state index < -0.39 is 5.97 Å². The fraction of sp³-hybridized carbons (Fsp3) is 0.750. The first-order valence-corrected chi connectivity index (χ1v) is 4.34. The molecule has 4 heteroatoms. The van der Waals surface area contributed by atoms with Gasteiger partial charge in [0.05, 0.1) is 5.38 Å². The highest BCUT2D eigenvalue weighted by Crippen LogP contribution is 2.18. The van der Waals surface area contributed by atoms with Crippen LogP contribution in [0, 0.1) is 0 Å². The molecule has 1 aliphatic rings. The van der Waals surface area contributed by atoms with Gasteiger partial charge in [0, 0.05) is 13.3 Å². The van der Waals surface area contributed by atoms with Gasteiger partial charge in [0.2, 0.25) is 0 Å². The van der Waals surface area contributed by atoms with Gasteiger partial charge in [0.1, 0.15) is 0 Å². The normalized spacial score (nSPS) is 22.5. The summed E-state index contributed by atoms with van der Waals surface area (Å²) in [7, 11) is 0. The molecule has 0 radical (unpaired) electrons. The number of ketones is 1. The van der Waals surface area contributed by atoms with Crippen LogP contribution in [0.1, 0.15) is 32.6 Å². The van der Waals surface area contributed by atoms with Crippen LogP contribution in [-0.4, -0.2) is 22.2 Å². The third-order valence-electron chi connectivity index (χ3n) is 1.48. The number of alkyl halides is 1. The van der Waals surface area contributed by atoms with Crippen molar-refractivity contribution in [1.29, 1.82) is 0 Å². The molecule has 1 saturated carbocycles. The monoisotopic (exact) mass is 192 g/mol. The van der Waals surface area contributed by atoms with E-state index in [4.69, 9.17) is 21.5 Å². The first kappa shape index (κ1) is 11.4. The van der Waals surface area contributed by atoms with Crippen LogP contribution >= 0.6 is 11.6 Å². The number of carbonyl (C=O) groups is 2. The molecular formula is C8H13ClO3. The van der Waals surface area contributed by atoms with Crippen molar-refractivity contribution in [3.8, 4) is 0 Å². The molecule has 0 heterocycles. The van der Waals surface area contributed by atoms with Crippen molar-refractivity contribution in [2.75, 3.05) is 0 Å². The molecule has 1 rings (SSSR count). The Morgan fingerprint density at radius 3 is 2.33 bits per heavy atom. The summed E-state index contributed by atoms with van der Waals surface area (Å²) < 4.78 is 0. The van der Waals surface area contributed by atoms with Crippen LogP contribution in [0.2, 0.25) is 0 Å². The van der Waals surface area contributed by atoms with Gasteiger partial charge in [-0.25, -0.2) is 0 Å². The highest BCUT2D eigenvalue weighted by atomic mass is 35.5. The molecule has 1 N–H and O–H groups in total. The van der Waals surface area contributed by atoms with Crippen molar-refractivity contribution in [2.24, 2.45) is 0 Å². The molecule has 1 atom stereocenters. The third-order valence-corrected chi connectivity index (χ3v) is 1.94. The van der Waals surface area contributed by atoms with Crippen molar-refractivity contribution < 1.29 is 14.7 Å². The first-order valence-electron chi connectivity index (χ1n) is 3.90. The van der Waals surface area contributed by atoms with Gasteiger partial charge in [0.25, 0.3) is 5.97 Å². The summed E-state index contributed by atoms with van der Waals surface area (Å²) in [6.45, 7) is 1.08. The Balaban J connectivity index is 0.000000261. The molecule has 0 aromatic heterocycles. The van der Waals surface area contributed by atoms with E-state index in [1.807, 2.05) is 0 Å². The van der Waals surface area contributed by atoms with Crippen LogP contribution in [0.5, 0.6) is 0 Å². The van der Waals surface area contributed by atoms with Crippen LogP contribution in [-0.2, 0) is 9.59 Å². The van der Waals surface area contributed by atoms with E-state index >= 15 is 0 Å². The number of carbonyl (C=O) groups excluding carboxylic acids is 1. The van der Waals surface area contributed by atoms with Gasteiger partial charge in [-0.15, -0.1) is 11.6 Å². The minimum Gasteiger partial charge on any atom is -0.481 e. The van der Waals surface area contributed by atoms with Crippen molar-refractivity contribution >= 4 is 23.4 Å². The second kappa shape index (κ2) is 6.00. The van der Waals surface area contributed by atoms with Gasteiger partial charge in [-0.3, -0.25) is 9.59 Å². The molecule has 0 aromatic carbocycles. The van der Waals surface area contributed by atoms with E-state index in [2.05, 4.69) is 0 Å². The number of carboxylic acids is 1. The average Bonchev–Trinajstić information content (AvgIpc) is 1.94. The first-order chi connectivity index (χ1) is 5.54. The lowest BCUT2D eigenvalue weighted by atomic mass is 9.99. The highest BCUT2D eigenvalue weighted by molar-refractivity contribution is 6.31. The Kier molecular flexibility index (Phi) is 5.72.